The van der Waals surface area contributed by atoms with Crippen LogP contribution in [0.5, 0.6) is 0 Å². The van der Waals surface area contributed by atoms with Gasteiger partial charge in [0.15, 0.2) is 0 Å². The van der Waals surface area contributed by atoms with Crippen molar-refractivity contribution in [1.29, 1.82) is 0 Å². The highest BCUT2D eigenvalue weighted by Crippen LogP contribution is 2.21. The minimum atomic E-state index is -0.331. The number of benzene rings is 1. The molecular weight excluding hydrogens is 242 g/mol. The molecule has 1 aromatic rings. The summed E-state index contributed by atoms with van der Waals surface area (Å²) in [4.78, 5) is 23.0. The summed E-state index contributed by atoms with van der Waals surface area (Å²) < 4.78 is 0. The molecule has 2 rings (SSSR count). The first-order chi connectivity index (χ1) is 9.02. The summed E-state index contributed by atoms with van der Waals surface area (Å²) in [5.41, 5.74) is 7.43. The predicted octanol–water partition coefficient (Wildman–Crippen LogP) is 1.21. The van der Waals surface area contributed by atoms with Gasteiger partial charge in [-0.15, -0.1) is 0 Å². The average Bonchev–Trinajstić information content (AvgIpc) is 2.65. The zero-order valence-corrected chi connectivity index (χ0v) is 11.2. The van der Waals surface area contributed by atoms with Crippen molar-refractivity contribution in [1.82, 2.24) is 5.32 Å². The fraction of sp³-hybridized carbons (Fsp3) is 0.429. The fourth-order valence-electron chi connectivity index (χ4n) is 2.12. The van der Waals surface area contributed by atoms with Crippen molar-refractivity contribution in [2.45, 2.75) is 13.8 Å². The average molecular weight is 261 g/mol. The van der Waals surface area contributed by atoms with E-state index in [1.807, 2.05) is 6.07 Å². The normalized spacial score (nSPS) is 15.4. The molecule has 0 aromatic heterocycles. The van der Waals surface area contributed by atoms with Gasteiger partial charge in [-0.05, 0) is 36.6 Å². The van der Waals surface area contributed by atoms with Crippen LogP contribution in [0.4, 0.5) is 5.69 Å². The highest BCUT2D eigenvalue weighted by Gasteiger charge is 2.26. The van der Waals surface area contributed by atoms with E-state index in [1.54, 1.807) is 12.1 Å². The molecule has 1 unspecified atom stereocenters. The van der Waals surface area contributed by atoms with Crippen LogP contribution in [0.15, 0.2) is 18.2 Å². The summed E-state index contributed by atoms with van der Waals surface area (Å²) in [6.45, 7) is 5.64. The van der Waals surface area contributed by atoms with Crippen LogP contribution in [0.3, 0.4) is 0 Å². The van der Waals surface area contributed by atoms with E-state index in [0.717, 1.165) is 12.2 Å². The number of nitrogens with two attached hydrogens (primary N) is 1. The molecule has 0 radical (unpaired) electrons. The van der Waals surface area contributed by atoms with Crippen molar-refractivity contribution in [2.75, 3.05) is 18.4 Å². The molecule has 102 valence electrons. The van der Waals surface area contributed by atoms with Gasteiger partial charge in [-0.3, -0.25) is 14.9 Å². The zero-order valence-electron chi connectivity index (χ0n) is 11.2. The van der Waals surface area contributed by atoms with E-state index in [0.29, 0.717) is 29.5 Å². The highest BCUT2D eigenvalue weighted by molar-refractivity contribution is 6.21. The molecule has 2 amide bonds. The summed E-state index contributed by atoms with van der Waals surface area (Å²) in [7, 11) is 0. The van der Waals surface area contributed by atoms with Gasteiger partial charge in [0.2, 0.25) is 0 Å². The molecule has 0 fully saturated rings. The third kappa shape index (κ3) is 2.76. The van der Waals surface area contributed by atoms with Crippen LogP contribution in [0.2, 0.25) is 0 Å². The minimum absolute atomic E-state index is 0.325. The lowest BCUT2D eigenvalue weighted by molar-refractivity contribution is 0.0879. The number of fused-ring (bicyclic) bond motifs is 1. The Balaban J connectivity index is 2.09. The van der Waals surface area contributed by atoms with Crippen LogP contribution in [-0.2, 0) is 0 Å². The van der Waals surface area contributed by atoms with Crippen LogP contribution in [0, 0.1) is 11.8 Å². The van der Waals surface area contributed by atoms with Gasteiger partial charge in [0.25, 0.3) is 11.8 Å². The molecule has 0 bridgehead atoms. The van der Waals surface area contributed by atoms with Crippen LogP contribution in [0.25, 0.3) is 0 Å². The first kappa shape index (κ1) is 13.5. The molecule has 19 heavy (non-hydrogen) atoms. The number of rotatable bonds is 5. The van der Waals surface area contributed by atoms with Gasteiger partial charge in [-0.2, -0.15) is 0 Å². The number of amides is 2. The summed E-state index contributed by atoms with van der Waals surface area (Å²) in [5, 5.41) is 5.55. The largest absolute Gasteiger partial charge is 0.385 e. The van der Waals surface area contributed by atoms with Crippen LogP contribution in [-0.4, -0.2) is 24.9 Å². The third-order valence-electron chi connectivity index (χ3n) is 3.55. The van der Waals surface area contributed by atoms with Crippen molar-refractivity contribution >= 4 is 17.5 Å². The van der Waals surface area contributed by atoms with Crippen LogP contribution in [0.1, 0.15) is 34.6 Å². The molecular formula is C14H19N3O2. The Morgan fingerprint density at radius 3 is 2.53 bits per heavy atom. The summed E-state index contributed by atoms with van der Waals surface area (Å²) >= 11 is 0. The first-order valence-corrected chi connectivity index (χ1v) is 6.46. The van der Waals surface area contributed by atoms with Gasteiger partial charge in [-0.25, -0.2) is 0 Å². The van der Waals surface area contributed by atoms with Gasteiger partial charge in [0.05, 0.1) is 11.1 Å². The second-order valence-corrected chi connectivity index (χ2v) is 5.16. The number of anilines is 1. The van der Waals surface area contributed by atoms with Gasteiger partial charge < -0.3 is 11.1 Å². The molecule has 1 aliphatic rings. The summed E-state index contributed by atoms with van der Waals surface area (Å²) in [6, 6.07) is 5.19. The Labute approximate surface area is 112 Å². The maximum Gasteiger partial charge on any atom is 0.259 e. The standard InChI is InChI=1S/C14H19N3O2/c1-8(2)9(6-15)7-16-10-3-4-11-12(5-10)14(19)17-13(11)18/h3-5,8-9,16H,6-7,15H2,1-2H3,(H,17,18,19). The monoisotopic (exact) mass is 261 g/mol. The predicted molar refractivity (Wildman–Crippen MR) is 74.1 cm³/mol. The van der Waals surface area contributed by atoms with E-state index in [2.05, 4.69) is 24.5 Å². The Kier molecular flexibility index (Phi) is 3.85. The van der Waals surface area contributed by atoms with Crippen LogP contribution < -0.4 is 16.4 Å². The number of carbonyl (C=O) groups is 2. The molecule has 0 spiro atoms. The van der Waals surface area contributed by atoms with Gasteiger partial charge in [0.1, 0.15) is 0 Å². The molecule has 5 nitrogen and oxygen atoms in total. The van der Waals surface area contributed by atoms with E-state index in [9.17, 15) is 9.59 Å². The third-order valence-corrected chi connectivity index (χ3v) is 3.55. The maximum atomic E-state index is 11.6. The molecule has 1 atom stereocenters. The van der Waals surface area contributed by atoms with E-state index in [4.69, 9.17) is 5.73 Å². The Bertz CT molecular complexity index is 511. The van der Waals surface area contributed by atoms with E-state index in [-0.39, 0.29) is 11.8 Å². The summed E-state index contributed by atoms with van der Waals surface area (Å²) in [5.74, 6) is 0.219. The fourth-order valence-corrected chi connectivity index (χ4v) is 2.12. The number of imide groups is 1. The molecule has 5 heteroatoms. The molecule has 4 N–H and O–H groups in total. The van der Waals surface area contributed by atoms with Crippen molar-refractivity contribution in [3.63, 3.8) is 0 Å². The number of hydrogen-bond acceptors (Lipinski definition) is 4. The zero-order chi connectivity index (χ0) is 14.0. The Morgan fingerprint density at radius 1 is 1.21 bits per heavy atom. The van der Waals surface area contributed by atoms with Crippen molar-refractivity contribution in [3.8, 4) is 0 Å². The van der Waals surface area contributed by atoms with Gasteiger partial charge in [-0.1, -0.05) is 13.8 Å². The molecule has 1 aliphatic heterocycles. The SMILES string of the molecule is CC(C)C(CN)CNc1ccc2c(c1)C(=O)NC2=O. The Hall–Kier alpha value is -1.88. The van der Waals surface area contributed by atoms with Crippen LogP contribution >= 0.6 is 0 Å². The lowest BCUT2D eigenvalue weighted by Gasteiger charge is -2.20. The number of carbonyl (C=O) groups excluding carboxylic acids is 2. The second kappa shape index (κ2) is 5.40. The van der Waals surface area contributed by atoms with E-state index in [1.165, 1.54) is 0 Å². The molecule has 1 heterocycles. The maximum absolute atomic E-state index is 11.6. The van der Waals surface area contributed by atoms with Crippen molar-refractivity contribution in [2.24, 2.45) is 17.6 Å². The molecule has 0 saturated heterocycles. The van der Waals surface area contributed by atoms with Crippen molar-refractivity contribution < 1.29 is 9.59 Å². The quantitative estimate of drug-likeness (QED) is 0.696. The smallest absolute Gasteiger partial charge is 0.259 e. The lowest BCUT2D eigenvalue weighted by Crippen LogP contribution is -2.27. The Morgan fingerprint density at radius 2 is 1.89 bits per heavy atom. The van der Waals surface area contributed by atoms with Crippen molar-refractivity contribution in [3.05, 3.63) is 29.3 Å². The lowest BCUT2D eigenvalue weighted by atomic mass is 9.96. The summed E-state index contributed by atoms with van der Waals surface area (Å²) in [6.07, 6.45) is 0. The molecule has 0 saturated carbocycles. The van der Waals surface area contributed by atoms with Gasteiger partial charge in [0, 0.05) is 12.2 Å². The van der Waals surface area contributed by atoms with E-state index < -0.39 is 0 Å². The highest BCUT2D eigenvalue weighted by atomic mass is 16.2. The molecule has 1 aromatic carbocycles. The van der Waals surface area contributed by atoms with E-state index >= 15 is 0 Å². The number of nitrogens with one attached hydrogen (secondary N) is 2. The first-order valence-electron chi connectivity index (χ1n) is 6.46. The second-order valence-electron chi connectivity index (χ2n) is 5.16. The number of hydrogen-bond donors (Lipinski definition) is 3. The minimum Gasteiger partial charge on any atom is -0.385 e. The molecule has 0 aliphatic carbocycles. The topological polar surface area (TPSA) is 84.2 Å². The van der Waals surface area contributed by atoms with Gasteiger partial charge >= 0.3 is 0 Å².